The standard InChI is InChI=1S/C14H15FN4O3S/c1-18-9-16-17-14(18)11-3-2-4-12(6-11)19-7-10(5-13(19)20)8-23(15,21)22/h2-4,6,9-10H,5,7-8H2,1H3. The van der Waals surface area contributed by atoms with Gasteiger partial charge in [0.1, 0.15) is 6.33 Å². The van der Waals surface area contributed by atoms with Crippen LogP contribution in [0.2, 0.25) is 0 Å². The predicted molar refractivity (Wildman–Crippen MR) is 81.8 cm³/mol. The Kier molecular flexibility index (Phi) is 3.88. The van der Waals surface area contributed by atoms with Gasteiger partial charge in [0.2, 0.25) is 5.91 Å². The summed E-state index contributed by atoms with van der Waals surface area (Å²) in [6.45, 7) is 0.185. The Bertz CT molecular complexity index is 849. The zero-order valence-corrected chi connectivity index (χ0v) is 13.2. The van der Waals surface area contributed by atoms with Crippen molar-refractivity contribution in [3.05, 3.63) is 30.6 Å². The van der Waals surface area contributed by atoms with Gasteiger partial charge in [0.25, 0.3) is 0 Å². The lowest BCUT2D eigenvalue weighted by Crippen LogP contribution is -2.25. The fourth-order valence-electron chi connectivity index (χ4n) is 2.78. The van der Waals surface area contributed by atoms with Crippen molar-refractivity contribution in [3.8, 4) is 11.4 Å². The van der Waals surface area contributed by atoms with Crippen molar-refractivity contribution in [1.82, 2.24) is 14.8 Å². The zero-order chi connectivity index (χ0) is 16.6. The summed E-state index contributed by atoms with van der Waals surface area (Å²) in [4.78, 5) is 13.6. The Morgan fingerprint density at radius 1 is 1.39 bits per heavy atom. The first-order valence-electron chi connectivity index (χ1n) is 7.00. The van der Waals surface area contributed by atoms with Crippen LogP contribution in [-0.2, 0) is 22.1 Å². The number of anilines is 1. The van der Waals surface area contributed by atoms with Crippen molar-refractivity contribution < 1.29 is 17.1 Å². The third kappa shape index (κ3) is 3.39. The minimum Gasteiger partial charge on any atom is -0.317 e. The summed E-state index contributed by atoms with van der Waals surface area (Å²) < 4.78 is 36.1. The molecule has 1 atom stereocenters. The first-order chi connectivity index (χ1) is 10.8. The van der Waals surface area contributed by atoms with E-state index in [9.17, 15) is 17.1 Å². The number of carbonyl (C=O) groups excluding carboxylic acids is 1. The third-order valence-electron chi connectivity index (χ3n) is 3.77. The Morgan fingerprint density at radius 3 is 2.83 bits per heavy atom. The molecule has 0 radical (unpaired) electrons. The van der Waals surface area contributed by atoms with Crippen LogP contribution in [0.1, 0.15) is 6.42 Å². The molecule has 0 saturated carbocycles. The number of rotatable bonds is 4. The molecule has 2 heterocycles. The fourth-order valence-corrected chi connectivity index (χ4v) is 3.57. The molecule has 1 unspecified atom stereocenters. The monoisotopic (exact) mass is 338 g/mol. The SMILES string of the molecule is Cn1cnnc1-c1cccc(N2CC(CS(=O)(=O)F)CC2=O)c1. The second-order valence-electron chi connectivity index (χ2n) is 5.60. The number of hydrogen-bond donors (Lipinski definition) is 0. The molecule has 1 aromatic heterocycles. The molecule has 0 aliphatic carbocycles. The number of hydrogen-bond acceptors (Lipinski definition) is 5. The minimum absolute atomic E-state index is 0.0251. The van der Waals surface area contributed by atoms with Gasteiger partial charge in [-0.2, -0.15) is 8.42 Å². The van der Waals surface area contributed by atoms with Crippen molar-refractivity contribution >= 4 is 21.8 Å². The van der Waals surface area contributed by atoms with E-state index in [0.29, 0.717) is 11.5 Å². The molecule has 2 aromatic rings. The number of aromatic nitrogens is 3. The summed E-state index contributed by atoms with van der Waals surface area (Å²) in [7, 11) is -2.78. The van der Waals surface area contributed by atoms with Crippen LogP contribution in [0.4, 0.5) is 9.57 Å². The van der Waals surface area contributed by atoms with E-state index in [2.05, 4.69) is 10.2 Å². The minimum atomic E-state index is -4.59. The summed E-state index contributed by atoms with van der Waals surface area (Å²) in [5, 5.41) is 7.83. The molecule has 0 bridgehead atoms. The molecule has 1 fully saturated rings. The number of nitrogens with zero attached hydrogens (tertiary/aromatic N) is 4. The molecule has 0 N–H and O–H groups in total. The van der Waals surface area contributed by atoms with Gasteiger partial charge in [0.05, 0.1) is 5.75 Å². The molecule has 9 heteroatoms. The van der Waals surface area contributed by atoms with Crippen LogP contribution in [0.15, 0.2) is 30.6 Å². The summed E-state index contributed by atoms with van der Waals surface area (Å²) in [6, 6.07) is 7.17. The quantitative estimate of drug-likeness (QED) is 0.780. The Hall–Kier alpha value is -2.29. The highest BCUT2D eigenvalue weighted by Gasteiger charge is 2.33. The topological polar surface area (TPSA) is 85.2 Å². The van der Waals surface area contributed by atoms with E-state index in [1.54, 1.807) is 29.1 Å². The smallest absolute Gasteiger partial charge is 0.302 e. The van der Waals surface area contributed by atoms with Gasteiger partial charge in [0, 0.05) is 37.2 Å². The largest absolute Gasteiger partial charge is 0.317 e. The first-order valence-corrected chi connectivity index (χ1v) is 8.56. The predicted octanol–water partition coefficient (Wildman–Crippen LogP) is 1.13. The molecule has 1 aliphatic rings. The van der Waals surface area contributed by atoms with Crippen molar-refractivity contribution in [2.75, 3.05) is 17.2 Å². The van der Waals surface area contributed by atoms with Crippen LogP contribution in [0.3, 0.4) is 0 Å². The maximum Gasteiger partial charge on any atom is 0.302 e. The molecular formula is C14H15FN4O3S. The zero-order valence-electron chi connectivity index (χ0n) is 12.4. The second kappa shape index (κ2) is 5.73. The molecule has 3 rings (SSSR count). The van der Waals surface area contributed by atoms with E-state index in [1.165, 1.54) is 4.90 Å². The van der Waals surface area contributed by atoms with Crippen molar-refractivity contribution in [3.63, 3.8) is 0 Å². The molecule has 7 nitrogen and oxygen atoms in total. The van der Waals surface area contributed by atoms with Crippen LogP contribution in [0.25, 0.3) is 11.4 Å². The lowest BCUT2D eigenvalue weighted by atomic mass is 10.1. The molecule has 1 aliphatic heterocycles. The van der Waals surface area contributed by atoms with Gasteiger partial charge in [0.15, 0.2) is 5.82 Å². The van der Waals surface area contributed by atoms with Crippen molar-refractivity contribution in [2.24, 2.45) is 13.0 Å². The van der Waals surface area contributed by atoms with Gasteiger partial charge >= 0.3 is 10.2 Å². The lowest BCUT2D eigenvalue weighted by molar-refractivity contribution is -0.117. The van der Waals surface area contributed by atoms with Crippen LogP contribution in [-0.4, -0.2) is 41.4 Å². The van der Waals surface area contributed by atoms with Gasteiger partial charge in [-0.3, -0.25) is 4.79 Å². The molecule has 1 amide bonds. The molecular weight excluding hydrogens is 323 g/mol. The molecule has 1 aromatic carbocycles. The highest BCUT2D eigenvalue weighted by molar-refractivity contribution is 7.86. The molecule has 23 heavy (non-hydrogen) atoms. The highest BCUT2D eigenvalue weighted by Crippen LogP contribution is 2.29. The number of benzene rings is 1. The van der Waals surface area contributed by atoms with Crippen LogP contribution >= 0.6 is 0 Å². The van der Waals surface area contributed by atoms with E-state index in [1.807, 2.05) is 13.1 Å². The first kappa shape index (κ1) is 15.6. The van der Waals surface area contributed by atoms with Crippen molar-refractivity contribution in [2.45, 2.75) is 6.42 Å². The van der Waals surface area contributed by atoms with Gasteiger partial charge < -0.3 is 9.47 Å². The number of halogens is 1. The summed E-state index contributed by atoms with van der Waals surface area (Å²) in [5.74, 6) is -0.718. The van der Waals surface area contributed by atoms with Gasteiger partial charge in [-0.25, -0.2) is 0 Å². The second-order valence-corrected chi connectivity index (χ2v) is 7.01. The van der Waals surface area contributed by atoms with Gasteiger partial charge in [-0.05, 0) is 12.1 Å². The highest BCUT2D eigenvalue weighted by atomic mass is 32.3. The molecule has 122 valence electrons. The lowest BCUT2D eigenvalue weighted by Gasteiger charge is -2.17. The molecule has 0 spiro atoms. The number of carbonyl (C=O) groups is 1. The Balaban J connectivity index is 1.85. The van der Waals surface area contributed by atoms with E-state index < -0.39 is 21.9 Å². The average Bonchev–Trinajstić information content (AvgIpc) is 3.03. The van der Waals surface area contributed by atoms with Crippen molar-refractivity contribution in [1.29, 1.82) is 0 Å². The van der Waals surface area contributed by atoms with Crippen LogP contribution in [0, 0.1) is 5.92 Å². The van der Waals surface area contributed by atoms with E-state index >= 15 is 0 Å². The Labute approximate surface area is 133 Å². The fraction of sp³-hybridized carbons (Fsp3) is 0.357. The van der Waals surface area contributed by atoms with E-state index in [0.717, 1.165) is 5.56 Å². The Morgan fingerprint density at radius 2 is 2.17 bits per heavy atom. The number of amides is 1. The maximum atomic E-state index is 12.8. The maximum absolute atomic E-state index is 12.8. The molecule has 1 saturated heterocycles. The summed E-state index contributed by atoms with van der Waals surface area (Å²) >= 11 is 0. The van der Waals surface area contributed by atoms with Gasteiger partial charge in [-0.15, -0.1) is 14.1 Å². The van der Waals surface area contributed by atoms with Gasteiger partial charge in [-0.1, -0.05) is 12.1 Å². The van der Waals surface area contributed by atoms with Crippen LogP contribution < -0.4 is 4.90 Å². The van der Waals surface area contributed by atoms with E-state index in [4.69, 9.17) is 0 Å². The summed E-state index contributed by atoms with van der Waals surface area (Å²) in [6.07, 6.45) is 1.60. The van der Waals surface area contributed by atoms with Crippen LogP contribution in [0.5, 0.6) is 0 Å². The normalized spacial score (nSPS) is 18.6. The number of aryl methyl sites for hydroxylation is 1. The van der Waals surface area contributed by atoms with E-state index in [-0.39, 0.29) is 18.9 Å². The average molecular weight is 338 g/mol. The summed E-state index contributed by atoms with van der Waals surface area (Å²) in [5.41, 5.74) is 1.42. The third-order valence-corrected chi connectivity index (χ3v) is 4.64.